The Morgan fingerprint density at radius 3 is 2.38 bits per heavy atom. The van der Waals surface area contributed by atoms with E-state index >= 15 is 0 Å². The summed E-state index contributed by atoms with van der Waals surface area (Å²) >= 11 is 0. The summed E-state index contributed by atoms with van der Waals surface area (Å²) in [5, 5.41) is 39.1. The van der Waals surface area contributed by atoms with Gasteiger partial charge in [-0.1, -0.05) is 39.0 Å². The zero-order chi connectivity index (χ0) is 40.6. The number of carbonyl (C=O) groups excluding carboxylic acids is 2. The van der Waals surface area contributed by atoms with E-state index in [9.17, 15) is 24.9 Å². The summed E-state index contributed by atoms with van der Waals surface area (Å²) in [5.74, 6) is -2.49. The lowest BCUT2D eigenvalue weighted by Gasteiger charge is -2.48. The molecule has 0 saturated carbocycles. The summed E-state index contributed by atoms with van der Waals surface area (Å²) in [6.07, 6.45) is -3.74. The molecule has 3 aliphatic heterocycles. The molecule has 55 heavy (non-hydrogen) atoms. The standard InChI is InChI=1S/C41H66N4O10/c1-22-18-40(6,50)36(55-39-33(46)31(44(8)9)16-23(2)52-39)24(3)34(54-32-19-41(7,51-11)35(47)26(5)53-32)25(4)37(48)43-30(38(49)45(10)21-22)17-27-20-42-29-15-13-12-14-28(27)29/h12-15,20,22-26,30-36,39,42,46-47,50H,16-19,21H2,1-11H3,(H,43,48)/t22-,23-,24+,25-,26+,30+,31+,32+,33-,34+,35+,36-,39+,40-,41-/m1/s1. The van der Waals surface area contributed by atoms with Crippen molar-refractivity contribution in [2.45, 2.75) is 147 Å². The van der Waals surface area contributed by atoms with Gasteiger partial charge < -0.3 is 59.1 Å². The normalized spacial score (nSPS) is 41.4. The van der Waals surface area contributed by atoms with Crippen LogP contribution in [0.25, 0.3) is 10.9 Å². The number of ether oxygens (including phenoxy) is 5. The summed E-state index contributed by atoms with van der Waals surface area (Å²) in [6.45, 7) is 13.0. The van der Waals surface area contributed by atoms with Crippen molar-refractivity contribution in [3.63, 3.8) is 0 Å². The number of fused-ring (bicyclic) bond motifs is 1. The van der Waals surface area contributed by atoms with E-state index in [-0.39, 0.29) is 43.2 Å². The third-order valence-electron chi connectivity index (χ3n) is 12.3. The molecule has 3 saturated heterocycles. The predicted molar refractivity (Wildman–Crippen MR) is 207 cm³/mol. The Morgan fingerprint density at radius 2 is 1.71 bits per heavy atom. The Kier molecular flexibility index (Phi) is 13.8. The molecule has 0 aliphatic carbocycles. The highest BCUT2D eigenvalue weighted by Gasteiger charge is 2.51. The molecule has 4 heterocycles. The van der Waals surface area contributed by atoms with Crippen LogP contribution in [0.15, 0.2) is 30.5 Å². The minimum Gasteiger partial charge on any atom is -0.387 e. The molecular weight excluding hydrogens is 708 g/mol. The second kappa shape index (κ2) is 17.5. The number of aliphatic hydroxyl groups excluding tert-OH is 2. The van der Waals surface area contributed by atoms with Crippen LogP contribution in [-0.4, -0.2) is 149 Å². The minimum absolute atomic E-state index is 0.157. The molecule has 2 aromatic rings. The number of aromatic nitrogens is 1. The topological polar surface area (TPSA) is 175 Å². The maximum Gasteiger partial charge on any atom is 0.245 e. The Bertz CT molecular complexity index is 1600. The first-order valence-electron chi connectivity index (χ1n) is 19.8. The van der Waals surface area contributed by atoms with Crippen LogP contribution in [-0.2, 0) is 39.7 Å². The van der Waals surface area contributed by atoms with Crippen molar-refractivity contribution in [1.82, 2.24) is 20.1 Å². The highest BCUT2D eigenvalue weighted by Crippen LogP contribution is 2.39. The Labute approximate surface area is 326 Å². The predicted octanol–water partition coefficient (Wildman–Crippen LogP) is 2.81. The van der Waals surface area contributed by atoms with Crippen LogP contribution in [0, 0.1) is 17.8 Å². The quantitative estimate of drug-likeness (QED) is 0.267. The van der Waals surface area contributed by atoms with Gasteiger partial charge in [-0.25, -0.2) is 0 Å². The van der Waals surface area contributed by atoms with E-state index in [0.717, 1.165) is 16.5 Å². The van der Waals surface area contributed by atoms with Crippen LogP contribution in [0.5, 0.6) is 0 Å². The van der Waals surface area contributed by atoms with Gasteiger partial charge in [0.2, 0.25) is 11.8 Å². The van der Waals surface area contributed by atoms with E-state index in [1.807, 2.05) is 70.2 Å². The van der Waals surface area contributed by atoms with Gasteiger partial charge in [0.05, 0.1) is 41.5 Å². The van der Waals surface area contributed by atoms with Gasteiger partial charge in [0.25, 0.3) is 0 Å². The van der Waals surface area contributed by atoms with Crippen LogP contribution < -0.4 is 5.32 Å². The van der Waals surface area contributed by atoms with E-state index in [0.29, 0.717) is 13.0 Å². The number of nitrogens with zero attached hydrogens (tertiary/aromatic N) is 2. The van der Waals surface area contributed by atoms with Crippen molar-refractivity contribution in [1.29, 1.82) is 0 Å². The lowest BCUT2D eigenvalue weighted by molar-refractivity contribution is -0.317. The third kappa shape index (κ3) is 9.56. The number of H-pyrrole nitrogens is 1. The average Bonchev–Trinajstić information content (AvgIpc) is 3.53. The van der Waals surface area contributed by atoms with Crippen molar-refractivity contribution in [2.75, 3.05) is 34.8 Å². The lowest BCUT2D eigenvalue weighted by Crippen LogP contribution is -2.60. The molecule has 3 aliphatic rings. The number of aliphatic hydroxyl groups is 3. The maximum absolute atomic E-state index is 14.6. The van der Waals surface area contributed by atoms with Crippen LogP contribution >= 0.6 is 0 Å². The highest BCUT2D eigenvalue weighted by molar-refractivity contribution is 5.90. The Hall–Kier alpha value is -2.66. The molecule has 1 aromatic heterocycles. The average molecular weight is 775 g/mol. The van der Waals surface area contributed by atoms with E-state index < -0.39 is 78.1 Å². The monoisotopic (exact) mass is 774 g/mol. The number of nitrogens with one attached hydrogen (secondary N) is 2. The Balaban J connectivity index is 1.56. The molecule has 2 amide bonds. The number of rotatable bonds is 8. The fourth-order valence-corrected chi connectivity index (χ4v) is 9.16. The van der Waals surface area contributed by atoms with Gasteiger partial charge >= 0.3 is 0 Å². The fourth-order valence-electron chi connectivity index (χ4n) is 9.16. The molecule has 14 nitrogen and oxygen atoms in total. The van der Waals surface area contributed by atoms with E-state index in [1.54, 1.807) is 39.6 Å². The number of para-hydroxylation sites is 1. The molecule has 1 aromatic carbocycles. The van der Waals surface area contributed by atoms with Crippen LogP contribution in [0.2, 0.25) is 0 Å². The van der Waals surface area contributed by atoms with Gasteiger partial charge in [-0.3, -0.25) is 9.59 Å². The number of hydrogen-bond acceptors (Lipinski definition) is 11. The maximum atomic E-state index is 14.6. The Morgan fingerprint density at radius 1 is 1.02 bits per heavy atom. The summed E-state index contributed by atoms with van der Waals surface area (Å²) in [4.78, 5) is 35.6. The van der Waals surface area contributed by atoms with Crippen molar-refractivity contribution in [3.05, 3.63) is 36.0 Å². The first-order valence-corrected chi connectivity index (χ1v) is 19.8. The van der Waals surface area contributed by atoms with Gasteiger partial charge in [0, 0.05) is 62.6 Å². The van der Waals surface area contributed by atoms with E-state index in [2.05, 4.69) is 10.3 Å². The van der Waals surface area contributed by atoms with Crippen LogP contribution in [0.3, 0.4) is 0 Å². The fraction of sp³-hybridized carbons (Fsp3) is 0.756. The molecular formula is C41H66N4O10. The molecule has 0 unspecified atom stereocenters. The minimum atomic E-state index is -1.55. The van der Waals surface area contributed by atoms with Crippen molar-refractivity contribution >= 4 is 22.7 Å². The summed E-state index contributed by atoms with van der Waals surface area (Å²) in [5.41, 5.74) is -0.729. The van der Waals surface area contributed by atoms with Crippen LogP contribution in [0.4, 0.5) is 0 Å². The summed E-state index contributed by atoms with van der Waals surface area (Å²) < 4.78 is 31.7. The summed E-state index contributed by atoms with van der Waals surface area (Å²) in [6, 6.07) is 6.67. The molecule has 15 atom stereocenters. The molecule has 0 radical (unpaired) electrons. The molecule has 5 N–H and O–H groups in total. The molecule has 5 rings (SSSR count). The number of benzene rings is 1. The van der Waals surface area contributed by atoms with Crippen molar-refractivity contribution in [2.24, 2.45) is 17.8 Å². The number of methoxy groups -OCH3 is 1. The summed E-state index contributed by atoms with van der Waals surface area (Å²) in [7, 11) is 7.03. The molecule has 310 valence electrons. The van der Waals surface area contributed by atoms with E-state index in [1.165, 1.54) is 7.11 Å². The molecule has 0 spiro atoms. The largest absolute Gasteiger partial charge is 0.387 e. The smallest absolute Gasteiger partial charge is 0.245 e. The first-order chi connectivity index (χ1) is 25.8. The second-order valence-corrected chi connectivity index (χ2v) is 17.3. The van der Waals surface area contributed by atoms with Gasteiger partial charge in [0.15, 0.2) is 12.6 Å². The molecule has 3 fully saturated rings. The van der Waals surface area contributed by atoms with E-state index in [4.69, 9.17) is 23.7 Å². The second-order valence-electron chi connectivity index (χ2n) is 17.3. The SMILES string of the molecule is CO[C@]1(C)C[C@H](O[C@H]2[C@H](C)[C@@H](O[C@@H]3O[C@H](C)C[C@H](N(C)C)[C@H]3O)[C@](C)(O)C[C@@H](C)CN(C)C(=O)[C@H](Cc3c[nH]c4ccccc34)NC(=O)[C@@H]2C)O[C@@H](C)[C@@H]1O. The van der Waals surface area contributed by atoms with Crippen LogP contribution in [0.1, 0.15) is 73.3 Å². The zero-order valence-electron chi connectivity index (χ0n) is 34.5. The zero-order valence-corrected chi connectivity index (χ0v) is 34.5. The van der Waals surface area contributed by atoms with Crippen molar-refractivity contribution < 1.29 is 48.6 Å². The van der Waals surface area contributed by atoms with Gasteiger partial charge in [-0.2, -0.15) is 0 Å². The van der Waals surface area contributed by atoms with Crippen molar-refractivity contribution in [3.8, 4) is 0 Å². The van der Waals surface area contributed by atoms with Gasteiger partial charge in [0.1, 0.15) is 18.2 Å². The third-order valence-corrected chi connectivity index (χ3v) is 12.3. The van der Waals surface area contributed by atoms with Gasteiger partial charge in [-0.15, -0.1) is 0 Å². The molecule has 14 heteroatoms. The number of aromatic amines is 1. The molecule has 0 bridgehead atoms. The van der Waals surface area contributed by atoms with Gasteiger partial charge in [-0.05, 0) is 72.2 Å². The number of carbonyl (C=O) groups is 2. The lowest BCUT2D eigenvalue weighted by atomic mass is 9.77. The number of likely N-dealkylation sites (N-methyl/N-ethyl adjacent to an activating group) is 2. The number of amides is 2. The number of hydrogen-bond donors (Lipinski definition) is 5. The highest BCUT2D eigenvalue weighted by atomic mass is 16.7. The first kappa shape index (κ1) is 43.5.